The zero-order valence-electron chi connectivity index (χ0n) is 12.0. The summed E-state index contributed by atoms with van der Waals surface area (Å²) in [5.41, 5.74) is 1.50. The minimum absolute atomic E-state index is 0.134. The Labute approximate surface area is 128 Å². The van der Waals surface area contributed by atoms with E-state index in [1.165, 1.54) is 0 Å². The van der Waals surface area contributed by atoms with E-state index < -0.39 is 6.04 Å². The Balaban J connectivity index is 1.70. The van der Waals surface area contributed by atoms with Gasteiger partial charge in [0.25, 0.3) is 5.91 Å². The second kappa shape index (κ2) is 6.46. The number of hydrogen-bond donors (Lipinski definition) is 1. The smallest absolute Gasteiger partial charge is 0.290 e. The Hall–Kier alpha value is -2.58. The first-order valence-electron chi connectivity index (χ1n) is 7.18. The quantitative estimate of drug-likeness (QED) is 0.879. The van der Waals surface area contributed by atoms with Crippen LogP contribution in [0.15, 0.2) is 40.9 Å². The maximum absolute atomic E-state index is 12.2. The average Bonchev–Trinajstić information content (AvgIpc) is 3.24. The third-order valence-corrected chi connectivity index (χ3v) is 3.61. The molecule has 2 heterocycles. The van der Waals surface area contributed by atoms with Crippen molar-refractivity contribution in [1.82, 2.24) is 10.5 Å². The van der Waals surface area contributed by atoms with E-state index in [9.17, 15) is 4.79 Å². The van der Waals surface area contributed by atoms with Crippen LogP contribution in [0.4, 0.5) is 0 Å². The van der Waals surface area contributed by atoms with E-state index in [2.05, 4.69) is 16.4 Å². The molecule has 2 atom stereocenters. The average molecular weight is 296 g/mol. The van der Waals surface area contributed by atoms with E-state index in [1.807, 2.05) is 30.3 Å². The van der Waals surface area contributed by atoms with Crippen molar-refractivity contribution < 1.29 is 14.1 Å². The van der Waals surface area contributed by atoms with Crippen LogP contribution in [0.1, 0.15) is 23.4 Å². The Morgan fingerprint density at radius 1 is 1.41 bits per heavy atom. The first-order chi connectivity index (χ1) is 10.8. The number of hydrogen-bond acceptors (Lipinski definition) is 4. The van der Waals surface area contributed by atoms with Crippen LogP contribution in [0.25, 0.3) is 11.3 Å². The summed E-state index contributed by atoms with van der Waals surface area (Å²) in [5.74, 6) is 2.32. The summed E-state index contributed by atoms with van der Waals surface area (Å²) in [7, 11) is 0. The van der Waals surface area contributed by atoms with Crippen molar-refractivity contribution in [2.75, 3.05) is 6.61 Å². The predicted octanol–water partition coefficient (Wildman–Crippen LogP) is 2.25. The fourth-order valence-electron chi connectivity index (χ4n) is 2.45. The van der Waals surface area contributed by atoms with Crippen molar-refractivity contribution in [2.24, 2.45) is 0 Å². The monoisotopic (exact) mass is 296 g/mol. The van der Waals surface area contributed by atoms with Gasteiger partial charge in [-0.3, -0.25) is 4.79 Å². The van der Waals surface area contributed by atoms with Crippen molar-refractivity contribution in [2.45, 2.75) is 25.0 Å². The molecular formula is C17H16N2O3. The van der Waals surface area contributed by atoms with Gasteiger partial charge in [0.05, 0.1) is 6.10 Å². The van der Waals surface area contributed by atoms with Crippen molar-refractivity contribution in [3.63, 3.8) is 0 Å². The Morgan fingerprint density at radius 2 is 2.23 bits per heavy atom. The van der Waals surface area contributed by atoms with E-state index in [0.29, 0.717) is 12.3 Å². The molecule has 22 heavy (non-hydrogen) atoms. The molecule has 1 aliphatic rings. The van der Waals surface area contributed by atoms with E-state index in [-0.39, 0.29) is 17.8 Å². The molecule has 1 aliphatic heterocycles. The summed E-state index contributed by atoms with van der Waals surface area (Å²) in [4.78, 5) is 12.2. The normalized spacial score (nSPS) is 18.6. The van der Waals surface area contributed by atoms with Crippen LogP contribution in [0.2, 0.25) is 0 Å². The molecule has 2 unspecified atom stereocenters. The lowest BCUT2D eigenvalue weighted by atomic mass is 10.1. The molecule has 1 saturated heterocycles. The Kier molecular flexibility index (Phi) is 4.22. The number of rotatable bonds is 4. The van der Waals surface area contributed by atoms with Crippen LogP contribution < -0.4 is 5.32 Å². The molecule has 0 spiro atoms. The molecule has 5 heteroatoms. The van der Waals surface area contributed by atoms with Crippen LogP contribution in [0.3, 0.4) is 0 Å². The zero-order valence-corrected chi connectivity index (χ0v) is 12.0. The maximum Gasteiger partial charge on any atom is 0.290 e. The van der Waals surface area contributed by atoms with Gasteiger partial charge in [0.2, 0.25) is 5.76 Å². The van der Waals surface area contributed by atoms with Gasteiger partial charge < -0.3 is 14.6 Å². The Morgan fingerprint density at radius 3 is 2.91 bits per heavy atom. The molecule has 5 nitrogen and oxygen atoms in total. The second-order valence-corrected chi connectivity index (χ2v) is 5.11. The highest BCUT2D eigenvalue weighted by molar-refractivity contribution is 5.92. The molecule has 1 aromatic carbocycles. The lowest BCUT2D eigenvalue weighted by Gasteiger charge is -2.18. The molecular weight excluding hydrogens is 280 g/mol. The van der Waals surface area contributed by atoms with Crippen LogP contribution in [-0.4, -0.2) is 29.8 Å². The lowest BCUT2D eigenvalue weighted by molar-refractivity contribution is 0.0752. The van der Waals surface area contributed by atoms with Gasteiger partial charge in [-0.2, -0.15) is 0 Å². The second-order valence-electron chi connectivity index (χ2n) is 5.11. The van der Waals surface area contributed by atoms with E-state index in [4.69, 9.17) is 15.7 Å². The minimum atomic E-state index is -0.458. The van der Waals surface area contributed by atoms with Gasteiger partial charge in [0, 0.05) is 18.2 Å². The molecule has 1 amide bonds. The highest BCUT2D eigenvalue weighted by Crippen LogP contribution is 2.19. The summed E-state index contributed by atoms with van der Waals surface area (Å²) in [6.07, 6.45) is 7.16. The molecule has 112 valence electrons. The van der Waals surface area contributed by atoms with E-state index in [0.717, 1.165) is 18.4 Å². The van der Waals surface area contributed by atoms with E-state index in [1.54, 1.807) is 6.07 Å². The summed E-state index contributed by atoms with van der Waals surface area (Å²) < 4.78 is 10.6. The summed E-state index contributed by atoms with van der Waals surface area (Å²) in [5, 5.41) is 6.68. The number of terminal acetylenes is 1. The molecule has 1 fully saturated rings. The summed E-state index contributed by atoms with van der Waals surface area (Å²) >= 11 is 0. The van der Waals surface area contributed by atoms with Gasteiger partial charge >= 0.3 is 0 Å². The topological polar surface area (TPSA) is 64.4 Å². The lowest BCUT2D eigenvalue weighted by Crippen LogP contribution is -2.41. The Bertz CT molecular complexity index is 681. The number of aromatic nitrogens is 1. The molecule has 2 aromatic rings. The van der Waals surface area contributed by atoms with Crippen molar-refractivity contribution >= 4 is 5.91 Å². The number of ether oxygens (including phenoxy) is 1. The highest BCUT2D eigenvalue weighted by atomic mass is 16.5. The number of amides is 1. The molecule has 3 rings (SSSR count). The predicted molar refractivity (Wildman–Crippen MR) is 81.0 cm³/mol. The molecule has 1 N–H and O–H groups in total. The highest BCUT2D eigenvalue weighted by Gasteiger charge is 2.27. The third kappa shape index (κ3) is 3.02. The number of nitrogens with zero attached hydrogens (tertiary/aromatic N) is 1. The number of benzene rings is 1. The van der Waals surface area contributed by atoms with Gasteiger partial charge in [-0.1, -0.05) is 41.4 Å². The molecule has 0 bridgehead atoms. The standard InChI is InChI=1S/C17H16N2O3/c1-2-13(15-9-6-10-21-15)18-17(20)16-11-14(19-22-16)12-7-4-3-5-8-12/h1,3-5,7-8,11,13,15H,6,9-10H2,(H,18,20). The number of carbonyl (C=O) groups excluding carboxylic acids is 1. The van der Waals surface area contributed by atoms with Gasteiger partial charge in [-0.05, 0) is 12.8 Å². The summed E-state index contributed by atoms with van der Waals surface area (Å²) in [6.45, 7) is 0.680. The van der Waals surface area contributed by atoms with Gasteiger partial charge in [0.15, 0.2) is 0 Å². The van der Waals surface area contributed by atoms with Crippen molar-refractivity contribution in [1.29, 1.82) is 0 Å². The number of carbonyl (C=O) groups is 1. The van der Waals surface area contributed by atoms with Crippen LogP contribution >= 0.6 is 0 Å². The number of nitrogens with one attached hydrogen (secondary N) is 1. The van der Waals surface area contributed by atoms with Crippen molar-refractivity contribution in [3.05, 3.63) is 42.2 Å². The molecule has 0 aliphatic carbocycles. The van der Waals surface area contributed by atoms with Crippen LogP contribution in [0.5, 0.6) is 0 Å². The van der Waals surface area contributed by atoms with Gasteiger partial charge in [-0.15, -0.1) is 6.42 Å². The molecule has 0 radical (unpaired) electrons. The van der Waals surface area contributed by atoms with E-state index >= 15 is 0 Å². The molecule has 1 aromatic heterocycles. The first kappa shape index (κ1) is 14.4. The van der Waals surface area contributed by atoms with Gasteiger partial charge in [-0.25, -0.2) is 0 Å². The third-order valence-electron chi connectivity index (χ3n) is 3.61. The zero-order chi connectivity index (χ0) is 15.4. The van der Waals surface area contributed by atoms with Crippen LogP contribution in [0, 0.1) is 12.3 Å². The molecule has 0 saturated carbocycles. The fourth-order valence-corrected chi connectivity index (χ4v) is 2.45. The first-order valence-corrected chi connectivity index (χ1v) is 7.18. The largest absolute Gasteiger partial charge is 0.375 e. The van der Waals surface area contributed by atoms with Crippen molar-refractivity contribution in [3.8, 4) is 23.6 Å². The minimum Gasteiger partial charge on any atom is -0.375 e. The van der Waals surface area contributed by atoms with Crippen LogP contribution in [-0.2, 0) is 4.74 Å². The van der Waals surface area contributed by atoms with Gasteiger partial charge in [0.1, 0.15) is 11.7 Å². The summed E-state index contributed by atoms with van der Waals surface area (Å²) in [6, 6.07) is 10.7. The fraction of sp³-hybridized carbons (Fsp3) is 0.294. The SMILES string of the molecule is C#CC(NC(=O)c1cc(-c2ccccc2)no1)C1CCCO1. The maximum atomic E-state index is 12.2.